The molecule has 0 spiro atoms. The van der Waals surface area contributed by atoms with Crippen molar-refractivity contribution < 1.29 is 14.0 Å². The van der Waals surface area contributed by atoms with Gasteiger partial charge in [0.25, 0.3) is 0 Å². The zero-order valence-electron chi connectivity index (χ0n) is 13.3. The molecule has 0 atom stereocenters. The lowest BCUT2D eigenvalue weighted by Gasteiger charge is -2.23. The Morgan fingerprint density at radius 3 is 2.21 bits per heavy atom. The first-order chi connectivity index (χ1) is 11.3. The van der Waals surface area contributed by atoms with Crippen molar-refractivity contribution in [2.24, 2.45) is 5.41 Å². The number of hydrogen-bond acceptors (Lipinski definition) is 3. The van der Waals surface area contributed by atoms with Crippen LogP contribution in [-0.4, -0.2) is 11.8 Å². The summed E-state index contributed by atoms with van der Waals surface area (Å²) in [6, 6.07) is 13.7. The van der Waals surface area contributed by atoms with Crippen molar-refractivity contribution in [3.8, 4) is 6.07 Å². The first kappa shape index (κ1) is 17.2. The average Bonchev–Trinajstić information content (AvgIpc) is 2.57. The second-order valence-corrected chi connectivity index (χ2v) is 5.70. The molecule has 0 bridgehead atoms. The summed E-state index contributed by atoms with van der Waals surface area (Å²) in [4.78, 5) is 24.8. The third-order valence-corrected chi connectivity index (χ3v) is 3.53. The van der Waals surface area contributed by atoms with E-state index in [1.54, 1.807) is 24.3 Å². The topological polar surface area (TPSA) is 82.0 Å². The van der Waals surface area contributed by atoms with Gasteiger partial charge in [0.05, 0.1) is 11.3 Å². The molecule has 5 nitrogen and oxygen atoms in total. The molecule has 0 aliphatic heterocycles. The van der Waals surface area contributed by atoms with Crippen molar-refractivity contribution >= 4 is 23.2 Å². The number of benzene rings is 2. The van der Waals surface area contributed by atoms with Crippen molar-refractivity contribution in [3.05, 3.63) is 59.9 Å². The van der Waals surface area contributed by atoms with Gasteiger partial charge in [0.2, 0.25) is 11.8 Å². The molecule has 0 fully saturated rings. The summed E-state index contributed by atoms with van der Waals surface area (Å²) in [7, 11) is 0. The maximum atomic E-state index is 12.9. The Morgan fingerprint density at radius 1 is 1.00 bits per heavy atom. The number of halogens is 1. The van der Waals surface area contributed by atoms with Crippen LogP contribution in [0.3, 0.4) is 0 Å². The standard InChI is InChI=1S/C18H16FN3O2/c1-18(2,16(23)21-14-9-7-13(19)8-10-14)17(24)22-15-6-4-3-5-12(15)11-20/h3-10H,1-2H3,(H,21,23)(H,22,24). The number of amides is 2. The summed E-state index contributed by atoms with van der Waals surface area (Å²) >= 11 is 0. The molecule has 2 N–H and O–H groups in total. The van der Waals surface area contributed by atoms with Gasteiger partial charge < -0.3 is 10.6 Å². The minimum Gasteiger partial charge on any atom is -0.325 e. The van der Waals surface area contributed by atoms with Gasteiger partial charge in [-0.2, -0.15) is 5.26 Å². The van der Waals surface area contributed by atoms with Gasteiger partial charge in [-0.3, -0.25) is 9.59 Å². The molecule has 0 heterocycles. The number of carbonyl (C=O) groups excluding carboxylic acids is 2. The maximum Gasteiger partial charge on any atom is 0.239 e. The lowest BCUT2D eigenvalue weighted by Crippen LogP contribution is -2.41. The van der Waals surface area contributed by atoms with E-state index in [0.29, 0.717) is 16.9 Å². The Bertz CT molecular complexity index is 808. The minimum atomic E-state index is -1.39. The Morgan fingerprint density at radius 2 is 1.58 bits per heavy atom. The summed E-state index contributed by atoms with van der Waals surface area (Å²) in [5.41, 5.74) is -0.357. The molecule has 6 heteroatoms. The largest absolute Gasteiger partial charge is 0.325 e. The van der Waals surface area contributed by atoms with Gasteiger partial charge in [0.15, 0.2) is 0 Å². The van der Waals surface area contributed by atoms with Gasteiger partial charge in [-0.25, -0.2) is 4.39 Å². The van der Waals surface area contributed by atoms with Gasteiger partial charge in [0, 0.05) is 5.69 Å². The van der Waals surface area contributed by atoms with E-state index in [4.69, 9.17) is 5.26 Å². The van der Waals surface area contributed by atoms with E-state index in [9.17, 15) is 14.0 Å². The van der Waals surface area contributed by atoms with Crippen LogP contribution >= 0.6 is 0 Å². The highest BCUT2D eigenvalue weighted by molar-refractivity contribution is 6.14. The molecule has 0 aromatic heterocycles. The molecular formula is C18H16FN3O2. The number of nitrogens with zero attached hydrogens (tertiary/aromatic N) is 1. The van der Waals surface area contributed by atoms with E-state index in [0.717, 1.165) is 0 Å². The molecule has 2 aromatic carbocycles. The van der Waals surface area contributed by atoms with E-state index in [-0.39, 0.29) is 0 Å². The summed E-state index contributed by atoms with van der Waals surface area (Å²) in [5.74, 6) is -1.51. The Balaban J connectivity index is 2.13. The van der Waals surface area contributed by atoms with E-state index < -0.39 is 23.0 Å². The maximum absolute atomic E-state index is 12.9. The Kier molecular flexibility index (Phi) is 4.95. The number of hydrogen-bond donors (Lipinski definition) is 2. The predicted molar refractivity (Wildman–Crippen MR) is 88.6 cm³/mol. The fourth-order valence-corrected chi connectivity index (χ4v) is 1.89. The van der Waals surface area contributed by atoms with Crippen LogP contribution in [0, 0.1) is 22.6 Å². The second-order valence-electron chi connectivity index (χ2n) is 5.70. The third-order valence-electron chi connectivity index (χ3n) is 3.53. The molecule has 0 saturated carbocycles. The van der Waals surface area contributed by atoms with Gasteiger partial charge in [-0.05, 0) is 50.2 Å². The highest BCUT2D eigenvalue weighted by Crippen LogP contribution is 2.23. The first-order valence-electron chi connectivity index (χ1n) is 7.22. The number of nitrogens with one attached hydrogen (secondary N) is 2. The fourth-order valence-electron chi connectivity index (χ4n) is 1.89. The molecule has 24 heavy (non-hydrogen) atoms. The van der Waals surface area contributed by atoms with Crippen molar-refractivity contribution in [1.29, 1.82) is 5.26 Å². The quantitative estimate of drug-likeness (QED) is 0.846. The number of rotatable bonds is 4. The van der Waals surface area contributed by atoms with E-state index in [2.05, 4.69) is 10.6 Å². The van der Waals surface area contributed by atoms with Crippen LogP contribution < -0.4 is 10.6 Å². The summed E-state index contributed by atoms with van der Waals surface area (Å²) < 4.78 is 12.9. The van der Waals surface area contributed by atoms with Crippen LogP contribution in [0.4, 0.5) is 15.8 Å². The van der Waals surface area contributed by atoms with Crippen molar-refractivity contribution in [1.82, 2.24) is 0 Å². The Labute approximate surface area is 139 Å². The highest BCUT2D eigenvalue weighted by atomic mass is 19.1. The molecular weight excluding hydrogens is 309 g/mol. The van der Waals surface area contributed by atoms with E-state index in [1.165, 1.54) is 38.1 Å². The molecule has 122 valence electrons. The number of carbonyl (C=O) groups is 2. The summed E-state index contributed by atoms with van der Waals surface area (Å²) in [6.07, 6.45) is 0. The zero-order valence-corrected chi connectivity index (χ0v) is 13.3. The third kappa shape index (κ3) is 3.76. The molecule has 2 aromatic rings. The molecule has 0 radical (unpaired) electrons. The number of nitriles is 1. The van der Waals surface area contributed by atoms with Crippen LogP contribution in [0.5, 0.6) is 0 Å². The second kappa shape index (κ2) is 6.92. The van der Waals surface area contributed by atoms with E-state index >= 15 is 0 Å². The molecule has 2 rings (SSSR count). The smallest absolute Gasteiger partial charge is 0.239 e. The SMILES string of the molecule is CC(C)(C(=O)Nc1ccc(F)cc1)C(=O)Nc1ccccc1C#N. The fraction of sp³-hybridized carbons (Fsp3) is 0.167. The van der Waals surface area contributed by atoms with Crippen molar-refractivity contribution in [2.45, 2.75) is 13.8 Å². The molecule has 0 aliphatic carbocycles. The summed E-state index contributed by atoms with van der Waals surface area (Å²) in [6.45, 7) is 2.94. The van der Waals surface area contributed by atoms with E-state index in [1.807, 2.05) is 6.07 Å². The van der Waals surface area contributed by atoms with Crippen LogP contribution in [0.25, 0.3) is 0 Å². The highest BCUT2D eigenvalue weighted by Gasteiger charge is 2.36. The van der Waals surface area contributed by atoms with Crippen LogP contribution in [-0.2, 0) is 9.59 Å². The zero-order chi connectivity index (χ0) is 17.7. The van der Waals surface area contributed by atoms with Crippen molar-refractivity contribution in [3.63, 3.8) is 0 Å². The average molecular weight is 325 g/mol. The lowest BCUT2D eigenvalue weighted by atomic mass is 9.90. The molecule has 0 aliphatic rings. The Hall–Kier alpha value is -3.20. The van der Waals surface area contributed by atoms with Gasteiger partial charge in [0.1, 0.15) is 17.3 Å². The van der Waals surface area contributed by atoms with Gasteiger partial charge in [-0.1, -0.05) is 12.1 Å². The predicted octanol–water partition coefficient (Wildman–Crippen LogP) is 3.30. The number of para-hydroxylation sites is 1. The van der Waals surface area contributed by atoms with Gasteiger partial charge in [-0.15, -0.1) is 0 Å². The molecule has 0 unspecified atom stereocenters. The van der Waals surface area contributed by atoms with Crippen LogP contribution in [0.1, 0.15) is 19.4 Å². The van der Waals surface area contributed by atoms with Crippen LogP contribution in [0.2, 0.25) is 0 Å². The monoisotopic (exact) mass is 325 g/mol. The first-order valence-corrected chi connectivity index (χ1v) is 7.22. The molecule has 0 saturated heterocycles. The van der Waals surface area contributed by atoms with Gasteiger partial charge >= 0.3 is 0 Å². The van der Waals surface area contributed by atoms with Crippen molar-refractivity contribution in [2.75, 3.05) is 10.6 Å². The lowest BCUT2D eigenvalue weighted by molar-refractivity contribution is -0.135. The molecule has 2 amide bonds. The minimum absolute atomic E-state index is 0.306. The normalized spacial score (nSPS) is 10.6. The number of anilines is 2. The van der Waals surface area contributed by atoms with Crippen LogP contribution in [0.15, 0.2) is 48.5 Å². The summed E-state index contributed by atoms with van der Waals surface area (Å²) in [5, 5.41) is 14.2.